The van der Waals surface area contributed by atoms with Crippen molar-refractivity contribution in [1.82, 2.24) is 4.98 Å². The molecule has 0 aromatic carbocycles. The zero-order valence-electron chi connectivity index (χ0n) is 6.19. The number of thiocarbonyl (C=S) groups is 1. The van der Waals surface area contributed by atoms with Gasteiger partial charge < -0.3 is 0 Å². The molecule has 0 spiro atoms. The lowest BCUT2D eigenvalue weighted by atomic mass is 10.1. The maximum Gasteiger partial charge on any atom is 0.0520 e. The number of hydrogen-bond acceptors (Lipinski definition) is 2. The van der Waals surface area contributed by atoms with E-state index in [9.17, 15) is 0 Å². The molecular weight excluding hydrogens is 174 g/mol. The van der Waals surface area contributed by atoms with Gasteiger partial charge in [0.05, 0.1) is 4.20 Å². The Morgan fingerprint density at radius 1 is 1.55 bits per heavy atom. The predicted molar refractivity (Wildman–Crippen MR) is 54.2 cm³/mol. The van der Waals surface area contributed by atoms with Crippen molar-refractivity contribution < 1.29 is 0 Å². The van der Waals surface area contributed by atoms with Gasteiger partial charge in [0.1, 0.15) is 0 Å². The highest BCUT2D eigenvalue weighted by atomic mass is 32.1. The molecule has 1 rings (SSSR count). The van der Waals surface area contributed by atoms with E-state index in [2.05, 4.69) is 17.6 Å². The minimum absolute atomic E-state index is 0.233. The minimum atomic E-state index is 0.233. The molecule has 1 heterocycles. The molecule has 0 saturated carbocycles. The molecule has 0 aliphatic carbocycles. The van der Waals surface area contributed by atoms with Gasteiger partial charge in [-0.25, -0.2) is 0 Å². The summed E-state index contributed by atoms with van der Waals surface area (Å²) in [7, 11) is 0. The fourth-order valence-corrected chi connectivity index (χ4v) is 1.08. The van der Waals surface area contributed by atoms with Crippen molar-refractivity contribution in [1.29, 1.82) is 0 Å². The van der Waals surface area contributed by atoms with E-state index in [1.165, 1.54) is 5.56 Å². The Bertz CT molecular complexity index is 246. The van der Waals surface area contributed by atoms with Gasteiger partial charge in [0.2, 0.25) is 0 Å². The minimum Gasteiger partial charge on any atom is -0.265 e. The van der Waals surface area contributed by atoms with Crippen LogP contribution in [0.15, 0.2) is 24.5 Å². The molecule has 0 fully saturated rings. The molecule has 58 valence electrons. The summed E-state index contributed by atoms with van der Waals surface area (Å²) >= 11 is 9.06. The van der Waals surface area contributed by atoms with Crippen LogP contribution in [0.1, 0.15) is 18.4 Å². The zero-order chi connectivity index (χ0) is 8.27. The molecule has 1 aromatic rings. The SMILES string of the molecule is CC(C(=S)S)c1ccncc1. The van der Waals surface area contributed by atoms with Crippen LogP contribution in [0, 0.1) is 0 Å². The van der Waals surface area contributed by atoms with E-state index in [4.69, 9.17) is 12.2 Å². The van der Waals surface area contributed by atoms with E-state index in [1.807, 2.05) is 19.1 Å². The smallest absolute Gasteiger partial charge is 0.0520 e. The lowest BCUT2D eigenvalue weighted by Crippen LogP contribution is -1.99. The van der Waals surface area contributed by atoms with E-state index >= 15 is 0 Å². The molecule has 0 aliphatic rings. The maximum absolute atomic E-state index is 4.94. The summed E-state index contributed by atoms with van der Waals surface area (Å²) in [6, 6.07) is 3.90. The highest BCUT2D eigenvalue weighted by molar-refractivity contribution is 8.11. The molecule has 0 bridgehead atoms. The van der Waals surface area contributed by atoms with Crippen molar-refractivity contribution >= 4 is 29.0 Å². The Labute approximate surface area is 77.3 Å². The van der Waals surface area contributed by atoms with Crippen LogP contribution in [0.5, 0.6) is 0 Å². The summed E-state index contributed by atoms with van der Waals surface area (Å²) < 4.78 is 0.719. The van der Waals surface area contributed by atoms with E-state index in [-0.39, 0.29) is 5.92 Å². The van der Waals surface area contributed by atoms with Crippen LogP contribution in [-0.2, 0) is 0 Å². The summed E-state index contributed by atoms with van der Waals surface area (Å²) in [5, 5.41) is 0. The summed E-state index contributed by atoms with van der Waals surface area (Å²) in [4.78, 5) is 3.92. The lowest BCUT2D eigenvalue weighted by Gasteiger charge is -2.07. The average Bonchev–Trinajstić information content (AvgIpc) is 2.05. The zero-order valence-corrected chi connectivity index (χ0v) is 7.90. The van der Waals surface area contributed by atoms with Crippen LogP contribution in [-0.4, -0.2) is 9.18 Å². The first-order valence-electron chi connectivity index (χ1n) is 3.34. The molecule has 1 nitrogen and oxygen atoms in total. The van der Waals surface area contributed by atoms with E-state index in [1.54, 1.807) is 12.4 Å². The maximum atomic E-state index is 4.94. The number of thiol groups is 1. The second-order valence-corrected chi connectivity index (χ2v) is 3.56. The van der Waals surface area contributed by atoms with Gasteiger partial charge in [0, 0.05) is 18.3 Å². The normalized spacial score (nSPS) is 12.5. The first kappa shape index (κ1) is 8.68. The van der Waals surface area contributed by atoms with Gasteiger partial charge in [-0.15, -0.1) is 12.6 Å². The third-order valence-corrected chi connectivity index (χ3v) is 2.32. The topological polar surface area (TPSA) is 12.9 Å². The van der Waals surface area contributed by atoms with Crippen LogP contribution in [0.25, 0.3) is 0 Å². The molecule has 0 N–H and O–H groups in total. The average molecular weight is 183 g/mol. The van der Waals surface area contributed by atoms with E-state index in [0.717, 1.165) is 4.20 Å². The Hall–Kier alpha value is -0.410. The molecular formula is C8H9NS2. The quantitative estimate of drug-likeness (QED) is 0.558. The van der Waals surface area contributed by atoms with E-state index < -0.39 is 0 Å². The Kier molecular flexibility index (Phi) is 3.02. The van der Waals surface area contributed by atoms with Gasteiger partial charge in [-0.05, 0) is 17.7 Å². The van der Waals surface area contributed by atoms with Gasteiger partial charge in [0.25, 0.3) is 0 Å². The summed E-state index contributed by atoms with van der Waals surface area (Å²) in [5.74, 6) is 0.233. The van der Waals surface area contributed by atoms with Crippen molar-refractivity contribution in [2.75, 3.05) is 0 Å². The van der Waals surface area contributed by atoms with Gasteiger partial charge in [-0.3, -0.25) is 4.98 Å². The van der Waals surface area contributed by atoms with Gasteiger partial charge in [-0.1, -0.05) is 19.1 Å². The van der Waals surface area contributed by atoms with Crippen LogP contribution < -0.4 is 0 Å². The van der Waals surface area contributed by atoms with Crippen molar-refractivity contribution in [3.63, 3.8) is 0 Å². The molecule has 0 saturated heterocycles. The molecule has 0 amide bonds. The molecule has 1 atom stereocenters. The molecule has 1 unspecified atom stereocenters. The van der Waals surface area contributed by atoms with Gasteiger partial charge in [0.15, 0.2) is 0 Å². The van der Waals surface area contributed by atoms with Crippen LogP contribution in [0.2, 0.25) is 0 Å². The lowest BCUT2D eigenvalue weighted by molar-refractivity contribution is 1.04. The van der Waals surface area contributed by atoms with E-state index in [0.29, 0.717) is 0 Å². The predicted octanol–water partition coefficient (Wildman–Crippen LogP) is 2.44. The fourth-order valence-electron chi connectivity index (χ4n) is 0.795. The second-order valence-electron chi connectivity index (χ2n) is 2.34. The van der Waals surface area contributed by atoms with Gasteiger partial charge in [-0.2, -0.15) is 0 Å². The third-order valence-electron chi connectivity index (χ3n) is 1.58. The Balaban J connectivity index is 2.85. The number of hydrogen-bond donors (Lipinski definition) is 1. The molecule has 0 aliphatic heterocycles. The molecule has 3 heteroatoms. The number of pyridine rings is 1. The monoisotopic (exact) mass is 183 g/mol. The molecule has 11 heavy (non-hydrogen) atoms. The fraction of sp³-hybridized carbons (Fsp3) is 0.250. The number of rotatable bonds is 2. The van der Waals surface area contributed by atoms with Crippen LogP contribution in [0.4, 0.5) is 0 Å². The summed E-state index contributed by atoms with van der Waals surface area (Å²) in [6.45, 7) is 2.03. The first-order chi connectivity index (χ1) is 5.22. The van der Waals surface area contributed by atoms with Crippen molar-refractivity contribution in [2.45, 2.75) is 12.8 Å². The number of aromatic nitrogens is 1. The summed E-state index contributed by atoms with van der Waals surface area (Å²) in [5.41, 5.74) is 1.17. The van der Waals surface area contributed by atoms with Crippen LogP contribution >= 0.6 is 24.8 Å². The standard InChI is InChI=1S/C8H9NS2/c1-6(8(10)11)7-2-4-9-5-3-7/h2-6H,1H3,(H,10,11). The third kappa shape index (κ3) is 2.27. The molecule has 0 radical (unpaired) electrons. The summed E-state index contributed by atoms with van der Waals surface area (Å²) in [6.07, 6.45) is 3.52. The second kappa shape index (κ2) is 3.83. The largest absolute Gasteiger partial charge is 0.265 e. The molecule has 1 aromatic heterocycles. The van der Waals surface area contributed by atoms with Crippen LogP contribution in [0.3, 0.4) is 0 Å². The first-order valence-corrected chi connectivity index (χ1v) is 4.20. The highest BCUT2D eigenvalue weighted by Gasteiger charge is 2.06. The highest BCUT2D eigenvalue weighted by Crippen LogP contribution is 2.17. The Morgan fingerprint density at radius 3 is 2.55 bits per heavy atom. The Morgan fingerprint density at radius 2 is 2.09 bits per heavy atom. The van der Waals surface area contributed by atoms with Gasteiger partial charge >= 0.3 is 0 Å². The van der Waals surface area contributed by atoms with Crippen molar-refractivity contribution in [3.8, 4) is 0 Å². The number of nitrogens with zero attached hydrogens (tertiary/aromatic N) is 1. The van der Waals surface area contributed by atoms with Crippen molar-refractivity contribution in [2.24, 2.45) is 0 Å². The van der Waals surface area contributed by atoms with Crippen molar-refractivity contribution in [3.05, 3.63) is 30.1 Å².